The SMILES string of the molecule is COC(=O)[C@@H]1CCN(C(=O)[C@H]2CC(=O)N(Cc3ccc(C)cc3)C2)[C@H](C(=O)OC)C1. The summed E-state index contributed by atoms with van der Waals surface area (Å²) in [5.74, 6) is -2.23. The summed E-state index contributed by atoms with van der Waals surface area (Å²) < 4.78 is 9.66. The van der Waals surface area contributed by atoms with Gasteiger partial charge in [-0.25, -0.2) is 4.79 Å². The molecule has 0 bridgehead atoms. The molecule has 0 spiro atoms. The molecular formula is C22H28N2O6. The predicted octanol–water partition coefficient (Wildman–Crippen LogP) is 1.30. The van der Waals surface area contributed by atoms with Crippen molar-refractivity contribution in [3.63, 3.8) is 0 Å². The number of likely N-dealkylation sites (tertiary alicyclic amines) is 2. The maximum absolute atomic E-state index is 13.2. The molecule has 8 heteroatoms. The summed E-state index contributed by atoms with van der Waals surface area (Å²) >= 11 is 0. The molecule has 1 aromatic carbocycles. The third-order valence-corrected chi connectivity index (χ3v) is 5.95. The Morgan fingerprint density at radius 2 is 1.70 bits per heavy atom. The Balaban J connectivity index is 1.68. The van der Waals surface area contributed by atoms with E-state index in [1.165, 1.54) is 19.1 Å². The molecule has 2 saturated heterocycles. The van der Waals surface area contributed by atoms with Crippen LogP contribution in [-0.2, 0) is 35.2 Å². The van der Waals surface area contributed by atoms with Crippen molar-refractivity contribution >= 4 is 23.8 Å². The molecule has 0 unspecified atom stereocenters. The number of rotatable bonds is 5. The van der Waals surface area contributed by atoms with E-state index in [4.69, 9.17) is 9.47 Å². The zero-order valence-electron chi connectivity index (χ0n) is 17.6. The summed E-state index contributed by atoms with van der Waals surface area (Å²) in [5.41, 5.74) is 2.15. The molecule has 0 aliphatic carbocycles. The minimum absolute atomic E-state index is 0.0759. The fourth-order valence-electron chi connectivity index (χ4n) is 4.21. The number of ether oxygens (including phenoxy) is 2. The second kappa shape index (κ2) is 9.28. The number of benzene rings is 1. The maximum Gasteiger partial charge on any atom is 0.328 e. The van der Waals surface area contributed by atoms with Crippen LogP contribution in [0.1, 0.15) is 30.4 Å². The molecule has 1 aromatic rings. The van der Waals surface area contributed by atoms with E-state index in [9.17, 15) is 19.2 Å². The third-order valence-electron chi connectivity index (χ3n) is 5.95. The molecule has 0 saturated carbocycles. The predicted molar refractivity (Wildman–Crippen MR) is 107 cm³/mol. The van der Waals surface area contributed by atoms with E-state index in [0.29, 0.717) is 19.5 Å². The largest absolute Gasteiger partial charge is 0.469 e. The summed E-state index contributed by atoms with van der Waals surface area (Å²) in [6.45, 7) is 3.02. The highest BCUT2D eigenvalue weighted by molar-refractivity contribution is 5.92. The van der Waals surface area contributed by atoms with Crippen LogP contribution >= 0.6 is 0 Å². The van der Waals surface area contributed by atoms with E-state index in [0.717, 1.165) is 11.1 Å². The fraction of sp³-hybridized carbons (Fsp3) is 0.545. The molecule has 0 N–H and O–H groups in total. The fourth-order valence-corrected chi connectivity index (χ4v) is 4.21. The number of carbonyl (C=O) groups is 4. The molecule has 3 atom stereocenters. The second-order valence-corrected chi connectivity index (χ2v) is 7.98. The minimum Gasteiger partial charge on any atom is -0.469 e. The van der Waals surface area contributed by atoms with Gasteiger partial charge in [-0.3, -0.25) is 14.4 Å². The Bertz CT molecular complexity index is 821. The molecule has 2 aliphatic heterocycles. The van der Waals surface area contributed by atoms with Gasteiger partial charge in [-0.15, -0.1) is 0 Å². The van der Waals surface area contributed by atoms with Gasteiger partial charge < -0.3 is 19.3 Å². The first-order valence-corrected chi connectivity index (χ1v) is 10.1. The highest BCUT2D eigenvalue weighted by Gasteiger charge is 2.44. The quantitative estimate of drug-likeness (QED) is 0.672. The van der Waals surface area contributed by atoms with E-state index in [2.05, 4.69) is 0 Å². The molecule has 0 aromatic heterocycles. The van der Waals surface area contributed by atoms with Gasteiger partial charge in [-0.1, -0.05) is 29.8 Å². The normalized spacial score (nSPS) is 24.0. The van der Waals surface area contributed by atoms with Crippen molar-refractivity contribution in [2.24, 2.45) is 11.8 Å². The average molecular weight is 416 g/mol. The molecule has 2 heterocycles. The van der Waals surface area contributed by atoms with Crippen LogP contribution in [0.25, 0.3) is 0 Å². The maximum atomic E-state index is 13.2. The lowest BCUT2D eigenvalue weighted by atomic mass is 9.89. The van der Waals surface area contributed by atoms with Crippen LogP contribution in [0.3, 0.4) is 0 Å². The van der Waals surface area contributed by atoms with Gasteiger partial charge in [0.25, 0.3) is 0 Å². The third kappa shape index (κ3) is 4.63. The number of carbonyl (C=O) groups excluding carboxylic acids is 4. The number of nitrogens with zero attached hydrogens (tertiary/aromatic N) is 2. The first kappa shape index (κ1) is 21.8. The molecule has 2 amide bonds. The van der Waals surface area contributed by atoms with Crippen LogP contribution in [0.2, 0.25) is 0 Å². The van der Waals surface area contributed by atoms with Crippen molar-refractivity contribution in [2.75, 3.05) is 27.3 Å². The van der Waals surface area contributed by atoms with E-state index in [-0.39, 0.29) is 31.2 Å². The van der Waals surface area contributed by atoms with Gasteiger partial charge in [-0.2, -0.15) is 0 Å². The molecule has 30 heavy (non-hydrogen) atoms. The number of piperidine rings is 1. The topological polar surface area (TPSA) is 93.2 Å². The number of aryl methyl sites for hydroxylation is 1. The number of amides is 2. The highest BCUT2D eigenvalue weighted by atomic mass is 16.5. The second-order valence-electron chi connectivity index (χ2n) is 7.98. The van der Waals surface area contributed by atoms with Crippen LogP contribution < -0.4 is 0 Å². The van der Waals surface area contributed by atoms with Crippen molar-refractivity contribution in [3.05, 3.63) is 35.4 Å². The highest BCUT2D eigenvalue weighted by Crippen LogP contribution is 2.29. The lowest BCUT2D eigenvalue weighted by molar-refractivity contribution is -0.161. The molecule has 162 valence electrons. The number of hydrogen-bond donors (Lipinski definition) is 0. The zero-order chi connectivity index (χ0) is 21.8. The van der Waals surface area contributed by atoms with Crippen molar-refractivity contribution < 1.29 is 28.7 Å². The summed E-state index contributed by atoms with van der Waals surface area (Å²) in [4.78, 5) is 53.1. The van der Waals surface area contributed by atoms with Gasteiger partial charge in [0, 0.05) is 26.1 Å². The van der Waals surface area contributed by atoms with Gasteiger partial charge in [0.2, 0.25) is 11.8 Å². The van der Waals surface area contributed by atoms with Gasteiger partial charge in [-0.05, 0) is 25.3 Å². The van der Waals surface area contributed by atoms with Gasteiger partial charge in [0.15, 0.2) is 0 Å². The van der Waals surface area contributed by atoms with Crippen molar-refractivity contribution in [1.82, 2.24) is 9.80 Å². The average Bonchev–Trinajstić information content (AvgIpc) is 3.13. The van der Waals surface area contributed by atoms with Crippen LogP contribution in [0.15, 0.2) is 24.3 Å². The summed E-state index contributed by atoms with van der Waals surface area (Å²) in [5, 5.41) is 0. The van der Waals surface area contributed by atoms with E-state index in [1.54, 1.807) is 4.90 Å². The summed E-state index contributed by atoms with van der Waals surface area (Å²) in [6.07, 6.45) is 0.702. The minimum atomic E-state index is -0.846. The lowest BCUT2D eigenvalue weighted by Gasteiger charge is -2.38. The number of methoxy groups -OCH3 is 2. The first-order valence-electron chi connectivity index (χ1n) is 10.1. The summed E-state index contributed by atoms with van der Waals surface area (Å²) in [7, 11) is 2.56. The molecule has 2 aliphatic rings. The number of esters is 2. The Labute approximate surface area is 176 Å². The monoisotopic (exact) mass is 416 g/mol. The van der Waals surface area contributed by atoms with Crippen LogP contribution in [0, 0.1) is 18.8 Å². The van der Waals surface area contributed by atoms with Crippen molar-refractivity contribution in [2.45, 2.75) is 38.8 Å². The number of hydrogen-bond acceptors (Lipinski definition) is 6. The molecule has 3 rings (SSSR count). The Morgan fingerprint density at radius 3 is 2.33 bits per heavy atom. The van der Waals surface area contributed by atoms with E-state index in [1.807, 2.05) is 31.2 Å². The first-order chi connectivity index (χ1) is 14.3. The van der Waals surface area contributed by atoms with Crippen molar-refractivity contribution in [1.29, 1.82) is 0 Å². The molecule has 2 fully saturated rings. The lowest BCUT2D eigenvalue weighted by Crippen LogP contribution is -2.53. The van der Waals surface area contributed by atoms with Crippen LogP contribution in [-0.4, -0.2) is 66.9 Å². The Morgan fingerprint density at radius 1 is 1.03 bits per heavy atom. The van der Waals surface area contributed by atoms with Crippen molar-refractivity contribution in [3.8, 4) is 0 Å². The zero-order valence-corrected chi connectivity index (χ0v) is 17.6. The van der Waals surface area contributed by atoms with E-state index < -0.39 is 29.8 Å². The van der Waals surface area contributed by atoms with Crippen LogP contribution in [0.4, 0.5) is 0 Å². The van der Waals surface area contributed by atoms with Gasteiger partial charge in [0.1, 0.15) is 6.04 Å². The Hall–Kier alpha value is -2.90. The van der Waals surface area contributed by atoms with Gasteiger partial charge >= 0.3 is 11.9 Å². The van der Waals surface area contributed by atoms with Gasteiger partial charge in [0.05, 0.1) is 26.1 Å². The standard InChI is InChI=1S/C22H28N2O6/c1-14-4-6-15(7-5-14)12-23-13-17(11-19(23)25)20(26)24-9-8-16(21(27)29-2)10-18(24)22(28)30-3/h4-7,16-18H,8-13H2,1-3H3/t16-,17+,18+/m1/s1. The summed E-state index contributed by atoms with van der Waals surface area (Å²) in [6, 6.07) is 7.09. The molecule has 0 radical (unpaired) electrons. The van der Waals surface area contributed by atoms with Crippen LogP contribution in [0.5, 0.6) is 0 Å². The molecule has 8 nitrogen and oxygen atoms in total. The molecular weight excluding hydrogens is 388 g/mol. The smallest absolute Gasteiger partial charge is 0.328 e. The Kier molecular flexibility index (Phi) is 6.74. The van der Waals surface area contributed by atoms with E-state index >= 15 is 0 Å².